The number of furan rings is 1. The van der Waals surface area contributed by atoms with Crippen LogP contribution in [0.2, 0.25) is 0 Å². The number of hydrogen-bond acceptors (Lipinski definition) is 6. The SMILES string of the molecule is CCOC(=O)c1cccc(NC(=O)N2CCC3(CCN(C(=O)c4cc5cccc(OC)c5o4)CC3)C2)c1. The van der Waals surface area contributed by atoms with Gasteiger partial charge in [0.05, 0.1) is 19.3 Å². The van der Waals surface area contributed by atoms with E-state index in [9.17, 15) is 14.4 Å². The van der Waals surface area contributed by atoms with Crippen molar-refractivity contribution in [3.05, 3.63) is 59.9 Å². The van der Waals surface area contributed by atoms with E-state index >= 15 is 0 Å². The van der Waals surface area contributed by atoms with Crippen molar-refractivity contribution in [2.75, 3.05) is 45.2 Å². The Bertz CT molecular complexity index is 1320. The van der Waals surface area contributed by atoms with E-state index in [0.29, 0.717) is 61.1 Å². The van der Waals surface area contributed by atoms with Crippen molar-refractivity contribution < 1.29 is 28.3 Å². The van der Waals surface area contributed by atoms with Crippen LogP contribution < -0.4 is 10.1 Å². The van der Waals surface area contributed by atoms with Crippen LogP contribution in [0.1, 0.15) is 47.1 Å². The van der Waals surface area contributed by atoms with E-state index in [0.717, 1.165) is 24.6 Å². The van der Waals surface area contributed by atoms with Gasteiger partial charge in [0.2, 0.25) is 0 Å². The fraction of sp³-hybridized carbons (Fsp3) is 0.393. The highest BCUT2D eigenvalue weighted by atomic mass is 16.5. The van der Waals surface area contributed by atoms with Crippen molar-refractivity contribution in [2.24, 2.45) is 5.41 Å². The first-order valence-electron chi connectivity index (χ1n) is 12.6. The number of benzene rings is 2. The average molecular weight is 506 g/mol. The third-order valence-electron chi connectivity index (χ3n) is 7.40. The lowest BCUT2D eigenvalue weighted by Gasteiger charge is -2.38. The number of rotatable bonds is 5. The summed E-state index contributed by atoms with van der Waals surface area (Å²) in [6.07, 6.45) is 2.54. The van der Waals surface area contributed by atoms with Gasteiger partial charge in [0.25, 0.3) is 5.91 Å². The number of piperidine rings is 1. The Morgan fingerprint density at radius 2 is 1.73 bits per heavy atom. The zero-order chi connectivity index (χ0) is 26.0. The predicted octanol–water partition coefficient (Wildman–Crippen LogP) is 4.78. The van der Waals surface area contributed by atoms with Crippen molar-refractivity contribution in [3.63, 3.8) is 0 Å². The monoisotopic (exact) mass is 505 g/mol. The molecule has 1 spiro atoms. The molecule has 5 rings (SSSR count). The van der Waals surface area contributed by atoms with Gasteiger partial charge in [-0.1, -0.05) is 18.2 Å². The van der Waals surface area contributed by atoms with E-state index in [4.69, 9.17) is 13.9 Å². The molecule has 1 N–H and O–H groups in total. The molecule has 2 fully saturated rings. The Kier molecular flexibility index (Phi) is 6.78. The molecule has 3 aromatic rings. The topological polar surface area (TPSA) is 101 Å². The van der Waals surface area contributed by atoms with Crippen molar-refractivity contribution in [2.45, 2.75) is 26.2 Å². The molecule has 0 bridgehead atoms. The van der Waals surface area contributed by atoms with E-state index in [1.165, 1.54) is 0 Å². The van der Waals surface area contributed by atoms with Crippen molar-refractivity contribution in [3.8, 4) is 5.75 Å². The van der Waals surface area contributed by atoms with Crippen LogP contribution >= 0.6 is 0 Å². The van der Waals surface area contributed by atoms with Gasteiger partial charge in [0.15, 0.2) is 17.1 Å². The Morgan fingerprint density at radius 1 is 1.00 bits per heavy atom. The molecule has 37 heavy (non-hydrogen) atoms. The lowest BCUT2D eigenvalue weighted by atomic mass is 9.78. The van der Waals surface area contributed by atoms with Crippen molar-refractivity contribution >= 4 is 34.6 Å². The zero-order valence-electron chi connectivity index (χ0n) is 21.1. The highest BCUT2D eigenvalue weighted by molar-refractivity contribution is 5.97. The fourth-order valence-electron chi connectivity index (χ4n) is 5.30. The predicted molar refractivity (Wildman–Crippen MR) is 138 cm³/mol. The third-order valence-corrected chi connectivity index (χ3v) is 7.40. The van der Waals surface area contributed by atoms with Gasteiger partial charge >= 0.3 is 12.0 Å². The standard InChI is InChI=1S/C28H31N3O6/c1-3-36-26(33)20-7-4-8-21(16-20)29-27(34)31-15-12-28(18-31)10-13-30(14-11-28)25(32)23-17-19-6-5-9-22(35-2)24(19)37-23/h4-9,16-17H,3,10-15,18H2,1-2H3,(H,29,34). The van der Waals surface area contributed by atoms with E-state index in [1.807, 2.05) is 28.0 Å². The quantitative estimate of drug-likeness (QED) is 0.501. The van der Waals surface area contributed by atoms with Crippen LogP contribution in [0.4, 0.5) is 10.5 Å². The third kappa shape index (κ3) is 4.98. The summed E-state index contributed by atoms with van der Waals surface area (Å²) >= 11 is 0. The number of esters is 1. The summed E-state index contributed by atoms with van der Waals surface area (Å²) in [5.74, 6) is 0.378. The van der Waals surface area contributed by atoms with E-state index in [1.54, 1.807) is 44.4 Å². The number of urea groups is 1. The number of ether oxygens (including phenoxy) is 2. The number of carbonyl (C=O) groups is 3. The van der Waals surface area contributed by atoms with Gasteiger partial charge in [-0.05, 0) is 61.9 Å². The summed E-state index contributed by atoms with van der Waals surface area (Å²) in [6.45, 7) is 4.57. The largest absolute Gasteiger partial charge is 0.493 e. The van der Waals surface area contributed by atoms with Gasteiger partial charge in [-0.2, -0.15) is 0 Å². The van der Waals surface area contributed by atoms with E-state index in [2.05, 4.69) is 5.32 Å². The summed E-state index contributed by atoms with van der Waals surface area (Å²) in [5, 5.41) is 3.74. The van der Waals surface area contributed by atoms with Crippen molar-refractivity contribution in [1.29, 1.82) is 0 Å². The van der Waals surface area contributed by atoms with Gasteiger partial charge < -0.3 is 29.0 Å². The first-order valence-corrected chi connectivity index (χ1v) is 12.6. The molecule has 2 saturated heterocycles. The number of amides is 3. The second-order valence-corrected chi connectivity index (χ2v) is 9.68. The number of likely N-dealkylation sites (tertiary alicyclic amines) is 2. The van der Waals surface area contributed by atoms with Crippen LogP contribution in [0.5, 0.6) is 5.75 Å². The number of methoxy groups -OCH3 is 1. The Morgan fingerprint density at radius 3 is 2.46 bits per heavy atom. The molecular weight excluding hydrogens is 474 g/mol. The molecule has 194 valence electrons. The van der Waals surface area contributed by atoms with Crippen LogP contribution in [0, 0.1) is 5.41 Å². The van der Waals surface area contributed by atoms with Gasteiger partial charge in [-0.3, -0.25) is 4.79 Å². The molecule has 2 aromatic carbocycles. The number of hydrogen-bond donors (Lipinski definition) is 1. The fourth-order valence-corrected chi connectivity index (χ4v) is 5.30. The zero-order valence-corrected chi connectivity index (χ0v) is 21.1. The molecule has 1 aromatic heterocycles. The van der Waals surface area contributed by atoms with Crippen molar-refractivity contribution in [1.82, 2.24) is 9.80 Å². The molecule has 0 saturated carbocycles. The highest BCUT2D eigenvalue weighted by Crippen LogP contribution is 2.41. The van der Waals surface area contributed by atoms with Gasteiger partial charge in [0, 0.05) is 37.3 Å². The molecule has 0 radical (unpaired) electrons. The van der Waals surface area contributed by atoms with Crippen LogP contribution in [0.3, 0.4) is 0 Å². The molecule has 3 amide bonds. The normalized spacial score (nSPS) is 16.7. The van der Waals surface area contributed by atoms with E-state index in [-0.39, 0.29) is 17.4 Å². The first-order chi connectivity index (χ1) is 17.9. The second-order valence-electron chi connectivity index (χ2n) is 9.68. The molecule has 0 unspecified atom stereocenters. The molecule has 0 aliphatic carbocycles. The van der Waals surface area contributed by atoms with Gasteiger partial charge in [0.1, 0.15) is 0 Å². The minimum atomic E-state index is -0.415. The molecule has 3 heterocycles. The molecule has 2 aliphatic rings. The average Bonchev–Trinajstić information content (AvgIpc) is 3.54. The molecule has 2 aliphatic heterocycles. The molecule has 9 nitrogen and oxygen atoms in total. The second kappa shape index (κ2) is 10.2. The number of fused-ring (bicyclic) bond motifs is 1. The molecule has 9 heteroatoms. The summed E-state index contributed by atoms with van der Waals surface area (Å²) in [4.78, 5) is 41.8. The highest BCUT2D eigenvalue weighted by Gasteiger charge is 2.43. The maximum atomic E-state index is 13.1. The maximum absolute atomic E-state index is 13.1. The minimum Gasteiger partial charge on any atom is -0.493 e. The Balaban J connectivity index is 1.18. The number of para-hydroxylation sites is 1. The van der Waals surface area contributed by atoms with Crippen LogP contribution in [0.25, 0.3) is 11.0 Å². The van der Waals surface area contributed by atoms with Gasteiger partial charge in [-0.25, -0.2) is 9.59 Å². The summed E-state index contributed by atoms with van der Waals surface area (Å²) in [6, 6.07) is 13.9. The Labute approximate surface area is 215 Å². The van der Waals surface area contributed by atoms with Crippen LogP contribution in [0.15, 0.2) is 52.9 Å². The van der Waals surface area contributed by atoms with Crippen LogP contribution in [-0.2, 0) is 4.74 Å². The van der Waals surface area contributed by atoms with Gasteiger partial charge in [-0.15, -0.1) is 0 Å². The number of nitrogens with one attached hydrogen (secondary N) is 1. The lowest BCUT2D eigenvalue weighted by molar-refractivity contribution is 0.0525. The summed E-state index contributed by atoms with van der Waals surface area (Å²) < 4.78 is 16.2. The Hall–Kier alpha value is -4.01. The van der Waals surface area contributed by atoms with Crippen LogP contribution in [-0.4, -0.2) is 67.6 Å². The minimum absolute atomic E-state index is 0.00199. The lowest BCUT2D eigenvalue weighted by Crippen LogP contribution is -2.45. The summed E-state index contributed by atoms with van der Waals surface area (Å²) in [5.41, 5.74) is 1.53. The smallest absolute Gasteiger partial charge is 0.338 e. The summed E-state index contributed by atoms with van der Waals surface area (Å²) in [7, 11) is 1.58. The van der Waals surface area contributed by atoms with E-state index < -0.39 is 5.97 Å². The number of anilines is 1. The maximum Gasteiger partial charge on any atom is 0.338 e. The number of nitrogens with zero attached hydrogens (tertiary/aromatic N) is 2. The number of carbonyl (C=O) groups excluding carboxylic acids is 3. The first kappa shape index (κ1) is 24.7. The molecule has 0 atom stereocenters. The molecular formula is C28H31N3O6.